The largest absolute Gasteiger partial charge is 0.357 e. The van der Waals surface area contributed by atoms with Gasteiger partial charge in [-0.15, -0.1) is 11.3 Å². The number of halogens is 1. The molecule has 0 amide bonds. The highest BCUT2D eigenvalue weighted by Crippen LogP contribution is 2.31. The summed E-state index contributed by atoms with van der Waals surface area (Å²) in [4.78, 5) is 9.31. The molecule has 0 aliphatic heterocycles. The highest BCUT2D eigenvalue weighted by Gasteiger charge is 2.06. The van der Waals surface area contributed by atoms with Crippen molar-refractivity contribution in [3.05, 3.63) is 28.7 Å². The second-order valence-electron chi connectivity index (χ2n) is 2.61. The number of nitrogens with zero attached hydrogens (tertiary/aromatic N) is 2. The number of hydrogen-bond acceptors (Lipinski definition) is 4. The Morgan fingerprint density at radius 1 is 1.43 bits per heavy atom. The molecule has 0 fully saturated rings. The SMILES string of the molecule is CNc1nccc(-c2sccc2Cl)n1. The van der Waals surface area contributed by atoms with Crippen LogP contribution in [-0.2, 0) is 0 Å². The molecule has 14 heavy (non-hydrogen) atoms. The van der Waals surface area contributed by atoms with Gasteiger partial charge in [0.15, 0.2) is 0 Å². The van der Waals surface area contributed by atoms with E-state index in [1.807, 2.05) is 17.5 Å². The average Bonchev–Trinajstić information content (AvgIpc) is 2.65. The minimum atomic E-state index is 0.604. The summed E-state index contributed by atoms with van der Waals surface area (Å²) in [6.45, 7) is 0. The number of rotatable bonds is 2. The van der Waals surface area contributed by atoms with E-state index >= 15 is 0 Å². The average molecular weight is 226 g/mol. The normalized spacial score (nSPS) is 10.1. The fourth-order valence-electron chi connectivity index (χ4n) is 1.08. The molecule has 0 aromatic carbocycles. The van der Waals surface area contributed by atoms with Gasteiger partial charge in [-0.1, -0.05) is 11.6 Å². The molecule has 0 radical (unpaired) electrons. The summed E-state index contributed by atoms with van der Waals surface area (Å²) >= 11 is 7.57. The molecule has 3 nitrogen and oxygen atoms in total. The van der Waals surface area contributed by atoms with Crippen molar-refractivity contribution in [2.75, 3.05) is 12.4 Å². The Morgan fingerprint density at radius 3 is 2.93 bits per heavy atom. The Morgan fingerprint density at radius 2 is 2.29 bits per heavy atom. The Bertz CT molecular complexity index is 441. The number of aromatic nitrogens is 2. The van der Waals surface area contributed by atoms with Crippen molar-refractivity contribution < 1.29 is 0 Å². The van der Waals surface area contributed by atoms with Crippen molar-refractivity contribution in [1.82, 2.24) is 9.97 Å². The molecule has 0 bridgehead atoms. The van der Waals surface area contributed by atoms with E-state index in [-0.39, 0.29) is 0 Å². The molecule has 0 atom stereocenters. The van der Waals surface area contributed by atoms with E-state index in [1.165, 1.54) is 0 Å². The van der Waals surface area contributed by atoms with Gasteiger partial charge in [0.2, 0.25) is 5.95 Å². The zero-order chi connectivity index (χ0) is 9.97. The van der Waals surface area contributed by atoms with Crippen molar-refractivity contribution in [1.29, 1.82) is 0 Å². The van der Waals surface area contributed by atoms with Crippen LogP contribution in [0.1, 0.15) is 0 Å². The summed E-state index contributed by atoms with van der Waals surface area (Å²) in [5.41, 5.74) is 0.851. The molecule has 0 saturated heterocycles. The molecular formula is C9H8ClN3S. The minimum Gasteiger partial charge on any atom is -0.357 e. The fourth-order valence-corrected chi connectivity index (χ4v) is 2.21. The van der Waals surface area contributed by atoms with Gasteiger partial charge in [-0.3, -0.25) is 0 Å². The minimum absolute atomic E-state index is 0.604. The number of thiophene rings is 1. The standard InChI is InChI=1S/C9H8ClN3S/c1-11-9-12-4-2-7(13-9)8-6(10)3-5-14-8/h2-5H,1H3,(H,11,12,13). The van der Waals surface area contributed by atoms with Crippen molar-refractivity contribution >= 4 is 28.9 Å². The first kappa shape index (κ1) is 9.43. The van der Waals surface area contributed by atoms with Gasteiger partial charge in [-0.2, -0.15) is 0 Å². The molecule has 0 saturated carbocycles. The van der Waals surface area contributed by atoms with Crippen LogP contribution in [0.2, 0.25) is 5.02 Å². The van der Waals surface area contributed by atoms with Gasteiger partial charge < -0.3 is 5.32 Å². The molecule has 2 heterocycles. The molecule has 0 aliphatic carbocycles. The third-order valence-corrected chi connectivity index (χ3v) is 3.09. The zero-order valence-electron chi connectivity index (χ0n) is 7.49. The van der Waals surface area contributed by atoms with Crippen LogP contribution in [-0.4, -0.2) is 17.0 Å². The highest BCUT2D eigenvalue weighted by molar-refractivity contribution is 7.14. The Kier molecular flexibility index (Phi) is 2.65. The first-order valence-electron chi connectivity index (χ1n) is 4.05. The van der Waals surface area contributed by atoms with Crippen LogP contribution in [0.5, 0.6) is 0 Å². The van der Waals surface area contributed by atoms with Crippen LogP contribution in [0.15, 0.2) is 23.7 Å². The Balaban J connectivity index is 2.47. The third-order valence-electron chi connectivity index (χ3n) is 1.73. The lowest BCUT2D eigenvalue weighted by Crippen LogP contribution is -1.95. The van der Waals surface area contributed by atoms with E-state index in [0.717, 1.165) is 15.6 Å². The predicted molar refractivity (Wildman–Crippen MR) is 59.9 cm³/mol. The maximum Gasteiger partial charge on any atom is 0.222 e. The topological polar surface area (TPSA) is 37.8 Å². The maximum absolute atomic E-state index is 6.00. The van der Waals surface area contributed by atoms with E-state index in [2.05, 4.69) is 15.3 Å². The van der Waals surface area contributed by atoms with Crippen LogP contribution in [0, 0.1) is 0 Å². The molecule has 2 rings (SSSR count). The van der Waals surface area contributed by atoms with Gasteiger partial charge in [-0.05, 0) is 17.5 Å². The first-order valence-corrected chi connectivity index (χ1v) is 5.31. The summed E-state index contributed by atoms with van der Waals surface area (Å²) in [6, 6.07) is 3.71. The summed E-state index contributed by atoms with van der Waals surface area (Å²) in [5, 5.41) is 5.56. The van der Waals surface area contributed by atoms with Gasteiger partial charge >= 0.3 is 0 Å². The third kappa shape index (κ3) is 1.71. The maximum atomic E-state index is 6.00. The molecule has 0 aliphatic rings. The zero-order valence-corrected chi connectivity index (χ0v) is 9.06. The number of hydrogen-bond donors (Lipinski definition) is 1. The lowest BCUT2D eigenvalue weighted by atomic mass is 10.3. The van der Waals surface area contributed by atoms with Crippen LogP contribution in [0.4, 0.5) is 5.95 Å². The van der Waals surface area contributed by atoms with Crippen molar-refractivity contribution in [3.63, 3.8) is 0 Å². The van der Waals surface area contributed by atoms with E-state index < -0.39 is 0 Å². The van der Waals surface area contributed by atoms with E-state index in [1.54, 1.807) is 24.6 Å². The summed E-state index contributed by atoms with van der Waals surface area (Å²) in [7, 11) is 1.79. The molecular weight excluding hydrogens is 218 g/mol. The molecule has 0 spiro atoms. The summed E-state index contributed by atoms with van der Waals surface area (Å²) in [6.07, 6.45) is 1.71. The van der Waals surface area contributed by atoms with Crippen molar-refractivity contribution in [2.45, 2.75) is 0 Å². The second-order valence-corrected chi connectivity index (χ2v) is 3.94. The number of anilines is 1. The smallest absolute Gasteiger partial charge is 0.222 e. The van der Waals surface area contributed by atoms with E-state index in [0.29, 0.717) is 5.95 Å². The summed E-state index contributed by atoms with van der Waals surface area (Å²) in [5.74, 6) is 0.604. The molecule has 5 heteroatoms. The van der Waals surface area contributed by atoms with Crippen LogP contribution in [0.3, 0.4) is 0 Å². The van der Waals surface area contributed by atoms with E-state index in [4.69, 9.17) is 11.6 Å². The Hall–Kier alpha value is -1.13. The van der Waals surface area contributed by atoms with Crippen molar-refractivity contribution in [2.24, 2.45) is 0 Å². The van der Waals surface area contributed by atoms with Gasteiger partial charge in [0.25, 0.3) is 0 Å². The summed E-state index contributed by atoms with van der Waals surface area (Å²) < 4.78 is 0. The van der Waals surface area contributed by atoms with Gasteiger partial charge in [0.1, 0.15) is 0 Å². The van der Waals surface area contributed by atoms with Gasteiger partial charge in [0.05, 0.1) is 15.6 Å². The lowest BCUT2D eigenvalue weighted by Gasteiger charge is -2.00. The van der Waals surface area contributed by atoms with Gasteiger partial charge in [0, 0.05) is 13.2 Å². The Labute approximate surface area is 90.8 Å². The van der Waals surface area contributed by atoms with Crippen LogP contribution < -0.4 is 5.32 Å². The molecule has 2 aromatic heterocycles. The van der Waals surface area contributed by atoms with Crippen LogP contribution >= 0.6 is 22.9 Å². The lowest BCUT2D eigenvalue weighted by molar-refractivity contribution is 1.16. The monoisotopic (exact) mass is 225 g/mol. The second kappa shape index (κ2) is 3.94. The highest BCUT2D eigenvalue weighted by atomic mass is 35.5. The van der Waals surface area contributed by atoms with E-state index in [9.17, 15) is 0 Å². The number of nitrogens with one attached hydrogen (secondary N) is 1. The molecule has 0 unspecified atom stereocenters. The van der Waals surface area contributed by atoms with Crippen LogP contribution in [0.25, 0.3) is 10.6 Å². The fraction of sp³-hybridized carbons (Fsp3) is 0.111. The van der Waals surface area contributed by atoms with Gasteiger partial charge in [-0.25, -0.2) is 9.97 Å². The molecule has 1 N–H and O–H groups in total. The predicted octanol–water partition coefficient (Wildman–Crippen LogP) is 2.90. The molecule has 72 valence electrons. The quantitative estimate of drug-likeness (QED) is 0.854. The first-order chi connectivity index (χ1) is 6.81. The molecule has 2 aromatic rings. The van der Waals surface area contributed by atoms with Crippen molar-refractivity contribution in [3.8, 4) is 10.6 Å².